The van der Waals surface area contributed by atoms with Gasteiger partial charge in [-0.1, -0.05) is 12.1 Å². The fourth-order valence-corrected chi connectivity index (χ4v) is 2.00. The van der Waals surface area contributed by atoms with E-state index >= 15 is 0 Å². The molecule has 116 valence electrons. The Kier molecular flexibility index (Phi) is 6.68. The quantitative estimate of drug-likeness (QED) is 0.736. The molecular weight excluding hydrogens is 274 g/mol. The smallest absolute Gasteiger partial charge is 0.327 e. The third kappa shape index (κ3) is 5.07. The molecule has 0 aliphatic carbocycles. The second-order valence-electron chi connectivity index (χ2n) is 4.55. The Bertz CT molecular complexity index is 471. The van der Waals surface area contributed by atoms with Crippen LogP contribution in [0.25, 0.3) is 0 Å². The van der Waals surface area contributed by atoms with Crippen LogP contribution in [-0.4, -0.2) is 49.3 Å². The molecule has 1 aromatic carbocycles. The molecule has 1 N–H and O–H groups in total. The molecule has 1 atom stereocenters. The van der Waals surface area contributed by atoms with Gasteiger partial charge in [-0.05, 0) is 31.7 Å². The predicted molar refractivity (Wildman–Crippen MR) is 77.3 cm³/mol. The molecule has 0 radical (unpaired) electrons. The van der Waals surface area contributed by atoms with Gasteiger partial charge in [-0.2, -0.15) is 0 Å². The van der Waals surface area contributed by atoms with Crippen LogP contribution in [0.15, 0.2) is 24.3 Å². The lowest BCUT2D eigenvalue weighted by Gasteiger charge is -2.25. The van der Waals surface area contributed by atoms with Crippen molar-refractivity contribution in [3.63, 3.8) is 0 Å². The first kappa shape index (κ1) is 17.0. The molecule has 1 rings (SSSR count). The summed E-state index contributed by atoms with van der Waals surface area (Å²) >= 11 is 0. The number of rotatable bonds is 8. The Balaban J connectivity index is 2.90. The monoisotopic (exact) mass is 295 g/mol. The van der Waals surface area contributed by atoms with Gasteiger partial charge in [0.25, 0.3) is 0 Å². The molecule has 0 saturated carbocycles. The van der Waals surface area contributed by atoms with Gasteiger partial charge < -0.3 is 14.6 Å². The molecule has 6 nitrogen and oxygen atoms in total. The minimum absolute atomic E-state index is 0.0407. The maximum absolute atomic E-state index is 12.0. The van der Waals surface area contributed by atoms with Crippen molar-refractivity contribution in [1.82, 2.24) is 4.90 Å². The largest absolute Gasteiger partial charge is 0.494 e. The van der Waals surface area contributed by atoms with Crippen molar-refractivity contribution in [2.45, 2.75) is 19.4 Å². The molecule has 0 aliphatic heterocycles. The summed E-state index contributed by atoms with van der Waals surface area (Å²) in [6.45, 7) is 2.71. The molecule has 0 saturated heterocycles. The molecule has 0 fully saturated rings. The molecule has 1 aromatic rings. The van der Waals surface area contributed by atoms with E-state index < -0.39 is 18.0 Å². The Morgan fingerprint density at radius 3 is 2.38 bits per heavy atom. The average Bonchev–Trinajstić information content (AvgIpc) is 2.47. The summed E-state index contributed by atoms with van der Waals surface area (Å²) in [7, 11) is 3.01. The summed E-state index contributed by atoms with van der Waals surface area (Å²) in [6, 6.07) is 6.48. The van der Waals surface area contributed by atoms with Gasteiger partial charge in [-0.25, -0.2) is 4.79 Å². The van der Waals surface area contributed by atoms with Crippen molar-refractivity contribution in [1.29, 1.82) is 0 Å². The highest BCUT2D eigenvalue weighted by Gasteiger charge is 2.26. The van der Waals surface area contributed by atoms with E-state index in [2.05, 4.69) is 0 Å². The fourth-order valence-electron chi connectivity index (χ4n) is 2.00. The van der Waals surface area contributed by atoms with Crippen LogP contribution in [0.4, 0.5) is 0 Å². The highest BCUT2D eigenvalue weighted by Crippen LogP contribution is 2.23. The number of carboxylic acids is 1. The maximum atomic E-state index is 12.0. The number of carbonyl (C=O) groups is 2. The van der Waals surface area contributed by atoms with Gasteiger partial charge in [0, 0.05) is 6.54 Å². The number of aliphatic carboxylic acids is 1. The van der Waals surface area contributed by atoms with Crippen molar-refractivity contribution in [2.24, 2.45) is 0 Å². The molecule has 21 heavy (non-hydrogen) atoms. The van der Waals surface area contributed by atoms with E-state index in [0.717, 1.165) is 11.3 Å². The lowest BCUT2D eigenvalue weighted by Crippen LogP contribution is -2.33. The Hall–Kier alpha value is -2.08. The van der Waals surface area contributed by atoms with Crippen molar-refractivity contribution < 1.29 is 24.2 Å². The summed E-state index contributed by atoms with van der Waals surface area (Å²) in [5.74, 6) is -0.609. The number of methoxy groups -OCH3 is 1. The van der Waals surface area contributed by atoms with Crippen molar-refractivity contribution in [3.8, 4) is 5.75 Å². The predicted octanol–water partition coefficient (Wildman–Crippen LogP) is 1.71. The van der Waals surface area contributed by atoms with E-state index in [0.29, 0.717) is 6.61 Å². The second-order valence-corrected chi connectivity index (χ2v) is 4.55. The first-order valence-electron chi connectivity index (χ1n) is 6.72. The number of carboxylic acid groups (broad SMARTS) is 1. The van der Waals surface area contributed by atoms with Gasteiger partial charge in [0.15, 0.2) is 0 Å². The minimum Gasteiger partial charge on any atom is -0.494 e. The number of likely N-dealkylation sites (N-methyl/N-ethyl adjacent to an activating group) is 1. The maximum Gasteiger partial charge on any atom is 0.327 e. The summed E-state index contributed by atoms with van der Waals surface area (Å²) < 4.78 is 10.2. The normalized spacial score (nSPS) is 12.0. The highest BCUT2D eigenvalue weighted by atomic mass is 16.5. The second kappa shape index (κ2) is 8.26. The van der Waals surface area contributed by atoms with Crippen LogP contribution in [-0.2, 0) is 14.3 Å². The molecule has 6 heteroatoms. The number of benzene rings is 1. The summed E-state index contributed by atoms with van der Waals surface area (Å²) in [6.07, 6.45) is -0.0407. The molecule has 0 amide bonds. The van der Waals surface area contributed by atoms with Crippen LogP contribution < -0.4 is 4.74 Å². The fraction of sp³-hybridized carbons (Fsp3) is 0.467. The zero-order chi connectivity index (χ0) is 15.8. The lowest BCUT2D eigenvalue weighted by atomic mass is 10.1. The zero-order valence-electron chi connectivity index (χ0n) is 12.5. The van der Waals surface area contributed by atoms with E-state index in [-0.39, 0.29) is 13.0 Å². The highest BCUT2D eigenvalue weighted by molar-refractivity contribution is 5.77. The molecule has 0 heterocycles. The van der Waals surface area contributed by atoms with Gasteiger partial charge in [0.1, 0.15) is 11.8 Å². The Morgan fingerprint density at radius 2 is 1.90 bits per heavy atom. The van der Waals surface area contributed by atoms with Crippen molar-refractivity contribution in [2.75, 3.05) is 27.3 Å². The van der Waals surface area contributed by atoms with Crippen LogP contribution in [0, 0.1) is 0 Å². The van der Waals surface area contributed by atoms with E-state index in [1.54, 1.807) is 36.2 Å². The van der Waals surface area contributed by atoms with Gasteiger partial charge in [0.2, 0.25) is 0 Å². The summed E-state index contributed by atoms with van der Waals surface area (Å²) in [5.41, 5.74) is 0.734. The molecule has 0 aliphatic rings. The van der Waals surface area contributed by atoms with Crippen molar-refractivity contribution >= 4 is 11.9 Å². The third-order valence-corrected chi connectivity index (χ3v) is 3.05. The number of ether oxygens (including phenoxy) is 2. The SMILES string of the molecule is CCOc1ccc(C(C(=O)OC)N(C)CCC(=O)O)cc1. The number of hydrogen-bond acceptors (Lipinski definition) is 5. The van der Waals surface area contributed by atoms with Crippen LogP contribution in [0.2, 0.25) is 0 Å². The van der Waals surface area contributed by atoms with Gasteiger partial charge >= 0.3 is 11.9 Å². The van der Waals surface area contributed by atoms with Crippen LogP contribution >= 0.6 is 0 Å². The first-order chi connectivity index (χ1) is 9.99. The standard InChI is InChI=1S/C15H21NO5/c1-4-21-12-7-5-11(6-8-12)14(15(19)20-3)16(2)10-9-13(17)18/h5-8,14H,4,9-10H2,1-3H3,(H,17,18). The van der Waals surface area contributed by atoms with Crippen LogP contribution in [0.3, 0.4) is 0 Å². The van der Waals surface area contributed by atoms with Crippen LogP contribution in [0.5, 0.6) is 5.75 Å². The zero-order valence-corrected chi connectivity index (χ0v) is 12.5. The molecule has 1 unspecified atom stereocenters. The molecule has 0 spiro atoms. The van der Waals surface area contributed by atoms with E-state index in [1.807, 2.05) is 6.92 Å². The third-order valence-electron chi connectivity index (χ3n) is 3.05. The number of nitrogens with zero attached hydrogens (tertiary/aromatic N) is 1. The molecule has 0 bridgehead atoms. The minimum atomic E-state index is -0.905. The van der Waals surface area contributed by atoms with Gasteiger partial charge in [0.05, 0.1) is 20.1 Å². The Labute approximate surface area is 124 Å². The number of esters is 1. The van der Waals surface area contributed by atoms with E-state index in [4.69, 9.17) is 14.6 Å². The molecule has 0 aromatic heterocycles. The van der Waals surface area contributed by atoms with E-state index in [1.165, 1.54) is 7.11 Å². The summed E-state index contributed by atoms with van der Waals surface area (Å²) in [4.78, 5) is 24.3. The van der Waals surface area contributed by atoms with Gasteiger partial charge in [-0.15, -0.1) is 0 Å². The summed E-state index contributed by atoms with van der Waals surface area (Å²) in [5, 5.41) is 8.75. The average molecular weight is 295 g/mol. The number of carbonyl (C=O) groups excluding carboxylic acids is 1. The van der Waals surface area contributed by atoms with E-state index in [9.17, 15) is 9.59 Å². The Morgan fingerprint density at radius 1 is 1.29 bits per heavy atom. The number of hydrogen-bond donors (Lipinski definition) is 1. The van der Waals surface area contributed by atoms with Crippen molar-refractivity contribution in [3.05, 3.63) is 29.8 Å². The van der Waals surface area contributed by atoms with Crippen LogP contribution in [0.1, 0.15) is 24.9 Å². The topological polar surface area (TPSA) is 76.1 Å². The lowest BCUT2D eigenvalue weighted by molar-refractivity contribution is -0.148. The first-order valence-corrected chi connectivity index (χ1v) is 6.72. The van der Waals surface area contributed by atoms with Gasteiger partial charge in [-0.3, -0.25) is 9.69 Å². The molecular formula is C15H21NO5.